The first kappa shape index (κ1) is 30.9. The van der Waals surface area contributed by atoms with E-state index in [-0.39, 0.29) is 26.4 Å². The molecule has 0 radical (unpaired) electrons. The predicted molar refractivity (Wildman–Crippen MR) is 164 cm³/mol. The lowest BCUT2D eigenvalue weighted by Gasteiger charge is -2.13. The summed E-state index contributed by atoms with van der Waals surface area (Å²) in [4.78, 5) is 4.49. The van der Waals surface area contributed by atoms with Crippen molar-refractivity contribution in [3.05, 3.63) is 102 Å². The van der Waals surface area contributed by atoms with Gasteiger partial charge in [0, 0.05) is 12.0 Å². The standard InChI is InChI=1S/C32H34N3O8P/c1-5-41-44(36,42-6-2)18-16-25-20-35(26-11-8-7-9-12-26)34-31(25)40-21-24-14-15-28(30(19-24)37-4)39-22-27-23(3)43-32(33-27)29-13-10-17-38-29/h7-20H,5-6,21-22H2,1-4H3. The molecule has 0 aliphatic carbocycles. The summed E-state index contributed by atoms with van der Waals surface area (Å²) in [6, 6.07) is 18.7. The van der Waals surface area contributed by atoms with Gasteiger partial charge in [-0.25, -0.2) is 9.67 Å². The normalized spacial score (nSPS) is 11.7. The third-order valence-electron chi connectivity index (χ3n) is 6.37. The minimum Gasteiger partial charge on any atom is -0.493 e. The van der Waals surface area contributed by atoms with E-state index in [4.69, 9.17) is 32.1 Å². The molecule has 0 spiro atoms. The number of oxazole rings is 1. The molecule has 3 heterocycles. The Morgan fingerprint density at radius 3 is 2.45 bits per heavy atom. The minimum atomic E-state index is -3.42. The Labute approximate surface area is 255 Å². The second-order valence-corrected chi connectivity index (χ2v) is 11.3. The first-order chi connectivity index (χ1) is 21.4. The van der Waals surface area contributed by atoms with Gasteiger partial charge in [-0.3, -0.25) is 4.57 Å². The molecule has 0 N–H and O–H groups in total. The van der Waals surface area contributed by atoms with Crippen molar-refractivity contribution in [2.24, 2.45) is 0 Å². The number of furan rings is 1. The lowest BCUT2D eigenvalue weighted by atomic mass is 10.2. The maximum absolute atomic E-state index is 13.0. The van der Waals surface area contributed by atoms with Crippen molar-refractivity contribution in [3.63, 3.8) is 0 Å². The fourth-order valence-corrected chi connectivity index (χ4v) is 5.56. The molecular weight excluding hydrogens is 585 g/mol. The smallest absolute Gasteiger partial charge is 0.354 e. The lowest BCUT2D eigenvalue weighted by molar-refractivity contribution is 0.229. The van der Waals surface area contributed by atoms with E-state index in [1.54, 1.807) is 56.3 Å². The molecule has 3 aromatic heterocycles. The van der Waals surface area contributed by atoms with Crippen LogP contribution in [0, 0.1) is 6.92 Å². The quantitative estimate of drug-likeness (QED) is 0.107. The number of rotatable bonds is 15. The van der Waals surface area contributed by atoms with Crippen LogP contribution < -0.4 is 14.2 Å². The van der Waals surface area contributed by atoms with Crippen molar-refractivity contribution in [1.29, 1.82) is 0 Å². The average molecular weight is 620 g/mol. The van der Waals surface area contributed by atoms with Crippen LogP contribution in [0.2, 0.25) is 0 Å². The third-order valence-corrected chi connectivity index (χ3v) is 8.13. The van der Waals surface area contributed by atoms with Crippen LogP contribution in [0.25, 0.3) is 23.4 Å². The van der Waals surface area contributed by atoms with Crippen LogP contribution >= 0.6 is 7.60 Å². The summed E-state index contributed by atoms with van der Waals surface area (Å²) in [7, 11) is -1.85. The molecule has 2 aromatic carbocycles. The zero-order chi connectivity index (χ0) is 30.9. The van der Waals surface area contributed by atoms with Gasteiger partial charge in [-0.1, -0.05) is 24.3 Å². The van der Waals surface area contributed by atoms with Crippen molar-refractivity contribution >= 4 is 13.7 Å². The Morgan fingerprint density at radius 1 is 0.955 bits per heavy atom. The number of ether oxygens (including phenoxy) is 3. The van der Waals surface area contributed by atoms with Crippen LogP contribution in [0.5, 0.6) is 17.4 Å². The highest BCUT2D eigenvalue weighted by Crippen LogP contribution is 2.50. The van der Waals surface area contributed by atoms with Crippen LogP contribution in [0.3, 0.4) is 0 Å². The number of aromatic nitrogens is 3. The van der Waals surface area contributed by atoms with Crippen LogP contribution in [0.15, 0.2) is 87.8 Å². The summed E-state index contributed by atoms with van der Waals surface area (Å²) in [6.07, 6.45) is 5.01. The van der Waals surface area contributed by atoms with Gasteiger partial charge in [0.1, 0.15) is 24.7 Å². The maximum atomic E-state index is 13.0. The number of para-hydroxylation sites is 1. The van der Waals surface area contributed by atoms with Crippen molar-refractivity contribution in [2.75, 3.05) is 20.3 Å². The number of aryl methyl sites for hydroxylation is 1. The topological polar surface area (TPSA) is 120 Å². The molecule has 0 bridgehead atoms. The van der Waals surface area contributed by atoms with Gasteiger partial charge >= 0.3 is 7.60 Å². The number of methoxy groups -OCH3 is 1. The molecular formula is C32H34N3O8P. The summed E-state index contributed by atoms with van der Waals surface area (Å²) < 4.78 is 54.4. The fourth-order valence-electron chi connectivity index (χ4n) is 4.25. The summed E-state index contributed by atoms with van der Waals surface area (Å²) in [5.41, 5.74) is 2.93. The molecule has 0 saturated carbocycles. The van der Waals surface area contributed by atoms with Crippen LogP contribution in [-0.4, -0.2) is 35.1 Å². The zero-order valence-corrected chi connectivity index (χ0v) is 25.9. The molecule has 0 aliphatic rings. The fraction of sp³-hybridized carbons (Fsp3) is 0.250. The first-order valence-corrected chi connectivity index (χ1v) is 15.7. The van der Waals surface area contributed by atoms with Crippen LogP contribution in [0.4, 0.5) is 0 Å². The highest BCUT2D eigenvalue weighted by molar-refractivity contribution is 7.57. The zero-order valence-electron chi connectivity index (χ0n) is 25.0. The first-order valence-electron chi connectivity index (χ1n) is 14.1. The Morgan fingerprint density at radius 2 is 1.75 bits per heavy atom. The number of nitrogens with zero attached hydrogens (tertiary/aromatic N) is 3. The van der Waals surface area contributed by atoms with Gasteiger partial charge in [0.15, 0.2) is 17.3 Å². The summed E-state index contributed by atoms with van der Waals surface area (Å²) in [6.45, 7) is 6.22. The van der Waals surface area contributed by atoms with Gasteiger partial charge in [-0.15, -0.1) is 5.10 Å². The molecule has 0 saturated heterocycles. The van der Waals surface area contributed by atoms with E-state index >= 15 is 0 Å². The third kappa shape index (κ3) is 7.49. The van der Waals surface area contributed by atoms with E-state index in [1.165, 1.54) is 5.82 Å². The van der Waals surface area contributed by atoms with E-state index in [0.29, 0.717) is 46.0 Å². The Hall–Kier alpha value is -4.57. The van der Waals surface area contributed by atoms with Gasteiger partial charge in [-0.05, 0) is 68.8 Å². The molecule has 0 aliphatic heterocycles. The van der Waals surface area contributed by atoms with E-state index in [0.717, 1.165) is 11.3 Å². The molecule has 5 aromatic rings. The van der Waals surface area contributed by atoms with Crippen molar-refractivity contribution < 1.29 is 36.7 Å². The summed E-state index contributed by atoms with van der Waals surface area (Å²) in [5.74, 6) is 4.43. The Bertz CT molecular complexity index is 1720. The summed E-state index contributed by atoms with van der Waals surface area (Å²) >= 11 is 0. The molecule has 0 unspecified atom stereocenters. The highest BCUT2D eigenvalue weighted by atomic mass is 31.2. The van der Waals surface area contributed by atoms with Gasteiger partial charge in [0.25, 0.3) is 5.89 Å². The minimum absolute atomic E-state index is 0.183. The monoisotopic (exact) mass is 619 g/mol. The maximum Gasteiger partial charge on any atom is 0.354 e. The van der Waals surface area contributed by atoms with Gasteiger partial charge in [0.05, 0.1) is 37.8 Å². The number of hydrogen-bond acceptors (Lipinski definition) is 10. The van der Waals surface area contributed by atoms with Gasteiger partial charge in [-0.2, -0.15) is 0 Å². The van der Waals surface area contributed by atoms with Crippen molar-refractivity contribution in [1.82, 2.24) is 14.8 Å². The second-order valence-electron chi connectivity index (χ2n) is 9.42. The number of hydrogen-bond donors (Lipinski definition) is 0. The molecule has 0 amide bonds. The SMILES string of the molecule is CCOP(=O)(C=Cc1cn(-c2ccccc2)nc1OCc1ccc(OCc2nc(-c3ccco3)oc2C)c(OC)c1)OCC. The van der Waals surface area contributed by atoms with Crippen molar-refractivity contribution in [3.8, 4) is 34.7 Å². The van der Waals surface area contributed by atoms with Crippen LogP contribution in [-0.2, 0) is 26.8 Å². The molecule has 230 valence electrons. The summed E-state index contributed by atoms with van der Waals surface area (Å²) in [5, 5.41) is 4.63. The second kappa shape index (κ2) is 14.3. The molecule has 0 fully saturated rings. The largest absolute Gasteiger partial charge is 0.493 e. The van der Waals surface area contributed by atoms with E-state index in [1.807, 2.05) is 55.5 Å². The van der Waals surface area contributed by atoms with Crippen LogP contribution in [0.1, 0.15) is 36.4 Å². The van der Waals surface area contributed by atoms with Gasteiger partial charge < -0.3 is 32.1 Å². The van der Waals surface area contributed by atoms with Gasteiger partial charge in [0.2, 0.25) is 5.88 Å². The molecule has 5 rings (SSSR count). The average Bonchev–Trinajstić information content (AvgIpc) is 3.79. The van der Waals surface area contributed by atoms with Crippen molar-refractivity contribution in [2.45, 2.75) is 34.0 Å². The Balaban J connectivity index is 1.31. The van der Waals surface area contributed by atoms with E-state index in [2.05, 4.69) is 10.1 Å². The Kier molecular flexibility index (Phi) is 10.0. The molecule has 12 heteroatoms. The lowest BCUT2D eigenvalue weighted by Crippen LogP contribution is -2.02. The molecule has 0 atom stereocenters. The van der Waals surface area contributed by atoms with E-state index < -0.39 is 7.60 Å². The van der Waals surface area contributed by atoms with E-state index in [9.17, 15) is 4.57 Å². The molecule has 11 nitrogen and oxygen atoms in total. The predicted octanol–water partition coefficient (Wildman–Crippen LogP) is 7.83. The number of benzene rings is 2. The highest BCUT2D eigenvalue weighted by Gasteiger charge is 2.20. The molecule has 44 heavy (non-hydrogen) atoms.